The van der Waals surface area contributed by atoms with Gasteiger partial charge in [0.05, 0.1) is 11.5 Å². The Balaban J connectivity index is 1.43. The topological polar surface area (TPSA) is 69.6 Å². The average Bonchev–Trinajstić information content (AvgIpc) is 3.32. The molecule has 3 heterocycles. The van der Waals surface area contributed by atoms with Crippen LogP contribution in [0.15, 0.2) is 67.0 Å². The third kappa shape index (κ3) is 4.23. The first kappa shape index (κ1) is 24.3. The number of likely N-dealkylation sites (tertiary alicyclic amines) is 1. The fraction of sp³-hybridized carbons (Fsp3) is 0.393. The summed E-state index contributed by atoms with van der Waals surface area (Å²) in [4.78, 5) is 26.3. The van der Waals surface area contributed by atoms with E-state index in [4.69, 9.17) is 0 Å². The lowest BCUT2D eigenvalue weighted by molar-refractivity contribution is -0.152. The molecule has 0 bridgehead atoms. The third-order valence-electron chi connectivity index (χ3n) is 7.87. The molecule has 4 atom stereocenters. The molecule has 0 spiro atoms. The SMILES string of the molecule is CC1CN(C(=O)[C@@H]2CN(c3ncccn3)C[C@H]2c2ccc(F)cc2F)CC(C)C1(O)c1ccccc1. The lowest BCUT2D eigenvalue weighted by atomic mass is 9.70. The molecule has 0 radical (unpaired) electrons. The number of nitrogens with zero attached hydrogens (tertiary/aromatic N) is 4. The number of aliphatic hydroxyl groups is 1. The van der Waals surface area contributed by atoms with Crippen molar-refractivity contribution < 1.29 is 18.7 Å². The van der Waals surface area contributed by atoms with E-state index in [0.717, 1.165) is 11.6 Å². The summed E-state index contributed by atoms with van der Waals surface area (Å²) in [5, 5.41) is 11.7. The van der Waals surface area contributed by atoms with Crippen molar-refractivity contribution in [1.82, 2.24) is 14.9 Å². The fourth-order valence-corrected chi connectivity index (χ4v) is 5.98. The van der Waals surface area contributed by atoms with Crippen LogP contribution in [0.1, 0.15) is 30.9 Å². The summed E-state index contributed by atoms with van der Waals surface area (Å²) in [6.45, 7) is 5.34. The molecule has 2 aliphatic rings. The highest BCUT2D eigenvalue weighted by atomic mass is 19.1. The van der Waals surface area contributed by atoms with E-state index < -0.39 is 29.1 Å². The average molecular weight is 493 g/mol. The van der Waals surface area contributed by atoms with Gasteiger partial charge in [-0.25, -0.2) is 18.7 Å². The third-order valence-corrected chi connectivity index (χ3v) is 7.87. The van der Waals surface area contributed by atoms with Gasteiger partial charge in [-0.15, -0.1) is 0 Å². The van der Waals surface area contributed by atoms with Gasteiger partial charge in [0.15, 0.2) is 0 Å². The number of carbonyl (C=O) groups is 1. The van der Waals surface area contributed by atoms with Crippen LogP contribution in [0.2, 0.25) is 0 Å². The first-order valence-electron chi connectivity index (χ1n) is 12.3. The summed E-state index contributed by atoms with van der Waals surface area (Å²) in [7, 11) is 0. The van der Waals surface area contributed by atoms with Crippen LogP contribution in [0.5, 0.6) is 0 Å². The van der Waals surface area contributed by atoms with Crippen molar-refractivity contribution in [1.29, 1.82) is 0 Å². The monoisotopic (exact) mass is 492 g/mol. The molecule has 3 aromatic rings. The highest BCUT2D eigenvalue weighted by Crippen LogP contribution is 2.43. The van der Waals surface area contributed by atoms with Crippen LogP contribution in [0.25, 0.3) is 0 Å². The molecule has 8 heteroatoms. The number of halogens is 2. The smallest absolute Gasteiger partial charge is 0.228 e. The Morgan fingerprint density at radius 2 is 1.61 bits per heavy atom. The molecule has 2 saturated heterocycles. The molecule has 2 fully saturated rings. The van der Waals surface area contributed by atoms with E-state index in [1.54, 1.807) is 23.4 Å². The quantitative estimate of drug-likeness (QED) is 0.597. The first-order valence-corrected chi connectivity index (χ1v) is 12.3. The molecule has 6 nitrogen and oxygen atoms in total. The number of anilines is 1. The second-order valence-corrected chi connectivity index (χ2v) is 10.1. The van der Waals surface area contributed by atoms with Gasteiger partial charge in [0.2, 0.25) is 11.9 Å². The molecule has 1 aromatic heterocycles. The Bertz CT molecular complexity index is 1210. The normalized spacial score (nSPS) is 28.4. The maximum Gasteiger partial charge on any atom is 0.228 e. The Labute approximate surface area is 209 Å². The molecule has 36 heavy (non-hydrogen) atoms. The number of rotatable bonds is 4. The van der Waals surface area contributed by atoms with Crippen molar-refractivity contribution >= 4 is 11.9 Å². The van der Waals surface area contributed by atoms with E-state index in [0.29, 0.717) is 37.7 Å². The lowest BCUT2D eigenvalue weighted by Gasteiger charge is -2.48. The summed E-state index contributed by atoms with van der Waals surface area (Å²) < 4.78 is 28.5. The molecule has 2 unspecified atom stereocenters. The molecule has 188 valence electrons. The summed E-state index contributed by atoms with van der Waals surface area (Å²) in [5.41, 5.74) is 0.101. The number of carbonyl (C=O) groups excluding carboxylic acids is 1. The first-order chi connectivity index (χ1) is 17.3. The van der Waals surface area contributed by atoms with E-state index in [1.165, 1.54) is 12.1 Å². The Morgan fingerprint density at radius 3 is 2.25 bits per heavy atom. The van der Waals surface area contributed by atoms with Crippen LogP contribution < -0.4 is 4.90 Å². The minimum atomic E-state index is -1.06. The van der Waals surface area contributed by atoms with Crippen molar-refractivity contribution in [2.24, 2.45) is 17.8 Å². The van der Waals surface area contributed by atoms with Gasteiger partial charge >= 0.3 is 0 Å². The second-order valence-electron chi connectivity index (χ2n) is 10.1. The minimum absolute atomic E-state index is 0.101. The van der Waals surface area contributed by atoms with E-state index >= 15 is 0 Å². The van der Waals surface area contributed by atoms with Crippen molar-refractivity contribution in [3.8, 4) is 0 Å². The zero-order valence-electron chi connectivity index (χ0n) is 20.4. The van der Waals surface area contributed by atoms with E-state index in [2.05, 4.69) is 9.97 Å². The van der Waals surface area contributed by atoms with Gasteiger partial charge in [-0.2, -0.15) is 0 Å². The van der Waals surface area contributed by atoms with Crippen LogP contribution >= 0.6 is 0 Å². The van der Waals surface area contributed by atoms with Crippen LogP contribution in [0, 0.1) is 29.4 Å². The van der Waals surface area contributed by atoms with Crippen LogP contribution in [-0.4, -0.2) is 52.1 Å². The van der Waals surface area contributed by atoms with Gasteiger partial charge in [-0.1, -0.05) is 50.2 Å². The van der Waals surface area contributed by atoms with E-state index in [1.807, 2.05) is 49.1 Å². The molecule has 2 aliphatic heterocycles. The van der Waals surface area contributed by atoms with Crippen molar-refractivity contribution in [2.75, 3.05) is 31.1 Å². The van der Waals surface area contributed by atoms with Gasteiger partial charge in [0, 0.05) is 62.4 Å². The molecule has 0 saturated carbocycles. The largest absolute Gasteiger partial charge is 0.384 e. The summed E-state index contributed by atoms with van der Waals surface area (Å²) in [6.07, 6.45) is 3.26. The molecule has 0 aliphatic carbocycles. The molecule has 2 aromatic carbocycles. The molecule has 1 N–H and O–H groups in total. The van der Waals surface area contributed by atoms with E-state index in [9.17, 15) is 18.7 Å². The van der Waals surface area contributed by atoms with E-state index in [-0.39, 0.29) is 17.7 Å². The van der Waals surface area contributed by atoms with Crippen LogP contribution in [0.3, 0.4) is 0 Å². The zero-order valence-corrected chi connectivity index (χ0v) is 20.4. The van der Waals surface area contributed by atoms with Gasteiger partial charge in [-0.3, -0.25) is 4.79 Å². The molecular weight excluding hydrogens is 462 g/mol. The van der Waals surface area contributed by atoms with Gasteiger partial charge in [0.1, 0.15) is 11.6 Å². The summed E-state index contributed by atoms with van der Waals surface area (Å²) in [5.74, 6) is -2.40. The van der Waals surface area contributed by atoms with Gasteiger partial charge < -0.3 is 14.9 Å². The second kappa shape index (κ2) is 9.58. The van der Waals surface area contributed by atoms with Gasteiger partial charge in [-0.05, 0) is 23.3 Å². The Kier molecular flexibility index (Phi) is 6.47. The van der Waals surface area contributed by atoms with Gasteiger partial charge in [0.25, 0.3) is 0 Å². The zero-order chi connectivity index (χ0) is 25.4. The van der Waals surface area contributed by atoms with Crippen molar-refractivity contribution in [3.05, 3.63) is 89.8 Å². The Hall–Kier alpha value is -3.39. The number of aromatic nitrogens is 2. The molecular formula is C28H30F2N4O2. The number of piperidine rings is 1. The predicted molar refractivity (Wildman–Crippen MR) is 132 cm³/mol. The van der Waals surface area contributed by atoms with Crippen molar-refractivity contribution in [2.45, 2.75) is 25.4 Å². The highest BCUT2D eigenvalue weighted by Gasteiger charge is 2.49. The number of hydrogen-bond acceptors (Lipinski definition) is 5. The van der Waals surface area contributed by atoms with Crippen molar-refractivity contribution in [3.63, 3.8) is 0 Å². The molecule has 5 rings (SSSR count). The summed E-state index contributed by atoms with van der Waals surface area (Å²) >= 11 is 0. The Morgan fingerprint density at radius 1 is 0.944 bits per heavy atom. The van der Waals surface area contributed by atoms with Crippen LogP contribution in [-0.2, 0) is 10.4 Å². The van der Waals surface area contributed by atoms with Crippen LogP contribution in [0.4, 0.5) is 14.7 Å². The maximum atomic E-state index is 14.9. The standard InChI is InChI=1S/C28H30F2N4O2/c1-18-14-33(15-19(2)28(18,36)20-7-4-3-5-8-20)26(35)24-17-34(27-31-11-6-12-32-27)16-23(24)22-10-9-21(29)13-25(22)30/h3-13,18-19,23-24,36H,14-17H2,1-2H3/t18?,19?,23-,24+,28?/m0/s1. The summed E-state index contributed by atoms with van der Waals surface area (Å²) in [6, 6.07) is 14.8. The lowest BCUT2D eigenvalue weighted by Crippen LogP contribution is -2.57. The minimum Gasteiger partial charge on any atom is -0.384 e. The maximum absolute atomic E-state index is 14.9. The number of amides is 1. The fourth-order valence-electron chi connectivity index (χ4n) is 5.98. The predicted octanol–water partition coefficient (Wildman–Crippen LogP) is 3.98. The highest BCUT2D eigenvalue weighted by molar-refractivity contribution is 5.82. The number of benzene rings is 2. The number of hydrogen-bond donors (Lipinski definition) is 1. The molecule has 1 amide bonds.